The number of hydrogen-bond acceptors (Lipinski definition) is 13. The zero-order chi connectivity index (χ0) is 58.0. The van der Waals surface area contributed by atoms with Gasteiger partial charge in [-0.15, -0.1) is 0 Å². The molecule has 3 fully saturated rings. The van der Waals surface area contributed by atoms with Gasteiger partial charge in [-0.3, -0.25) is 28.9 Å². The van der Waals surface area contributed by atoms with Crippen LogP contribution in [0.2, 0.25) is 0 Å². The van der Waals surface area contributed by atoms with Crippen molar-refractivity contribution < 1.29 is 37.5 Å². The zero-order valence-corrected chi connectivity index (χ0v) is 50.5. The molecule has 1 saturated carbocycles. The van der Waals surface area contributed by atoms with Gasteiger partial charge in [-0.05, 0) is 133 Å². The first-order valence-corrected chi connectivity index (χ1v) is 28.9. The van der Waals surface area contributed by atoms with Crippen molar-refractivity contribution in [2.75, 3.05) is 113 Å². The SMILES string of the molecule is CC(C)CNC(=O)C1CCCCC1.CC(C)CNC(=O)C1CCN(C)CC1.CC(C)CNC(=O)c1ccc(CN2CCN(C)CC2)o1.CC(C)CNC(=O)c1ccc(OCCN(C)C)cc1.CC(C)CNC(=O)c1ncco1. The number of benzene rings is 1. The minimum Gasteiger partial charge on any atom is -0.492 e. The Morgan fingerprint density at radius 2 is 1.06 bits per heavy atom. The topological polar surface area (TPSA) is 207 Å². The molecule has 5 amide bonds. The summed E-state index contributed by atoms with van der Waals surface area (Å²) >= 11 is 0. The fourth-order valence-electron chi connectivity index (χ4n) is 7.88. The number of carbonyl (C=O) groups is 5. The minimum atomic E-state index is -0.256. The number of ether oxygens (including phenoxy) is 1. The molecule has 3 aromatic rings. The van der Waals surface area contributed by atoms with Gasteiger partial charge < -0.3 is 54.9 Å². The van der Waals surface area contributed by atoms with Gasteiger partial charge in [0.1, 0.15) is 24.4 Å². The van der Waals surface area contributed by atoms with Crippen molar-refractivity contribution in [3.8, 4) is 5.75 Å². The van der Waals surface area contributed by atoms with Crippen LogP contribution in [0.5, 0.6) is 5.75 Å². The molecule has 18 nitrogen and oxygen atoms in total. The second kappa shape index (κ2) is 39.1. The summed E-state index contributed by atoms with van der Waals surface area (Å²) in [5.41, 5.74) is 0.667. The molecule has 3 aliphatic rings. The van der Waals surface area contributed by atoms with Crippen LogP contribution < -0.4 is 31.3 Å². The van der Waals surface area contributed by atoms with Crippen molar-refractivity contribution in [1.29, 1.82) is 0 Å². The molecule has 18 heteroatoms. The van der Waals surface area contributed by atoms with E-state index in [4.69, 9.17) is 13.6 Å². The van der Waals surface area contributed by atoms with Crippen molar-refractivity contribution in [1.82, 2.24) is 51.2 Å². The van der Waals surface area contributed by atoms with Gasteiger partial charge in [0.15, 0.2) is 5.76 Å². The van der Waals surface area contributed by atoms with Gasteiger partial charge in [0.05, 0.1) is 12.7 Å². The number of hydrogen-bond donors (Lipinski definition) is 5. The largest absolute Gasteiger partial charge is 0.492 e. The normalized spacial score (nSPS) is 15.5. The Balaban J connectivity index is 0.000000338. The predicted octanol–water partition coefficient (Wildman–Crippen LogP) is 7.93. The Morgan fingerprint density at radius 1 is 0.590 bits per heavy atom. The lowest BCUT2D eigenvalue weighted by Crippen LogP contribution is -2.43. The number of likely N-dealkylation sites (N-methyl/N-ethyl adjacent to an activating group) is 2. The van der Waals surface area contributed by atoms with Crippen LogP contribution in [0.3, 0.4) is 0 Å². The first-order valence-electron chi connectivity index (χ1n) is 28.9. The molecule has 2 aromatic heterocycles. The number of nitrogens with one attached hydrogen (secondary N) is 5. The van der Waals surface area contributed by atoms with Crippen LogP contribution in [-0.2, 0) is 16.1 Å². The van der Waals surface area contributed by atoms with Gasteiger partial charge in [-0.1, -0.05) is 88.5 Å². The number of amides is 5. The summed E-state index contributed by atoms with van der Waals surface area (Å²) in [6.45, 7) is 33.1. The summed E-state index contributed by atoms with van der Waals surface area (Å²) in [7, 11) is 8.26. The summed E-state index contributed by atoms with van der Waals surface area (Å²) in [4.78, 5) is 70.8. The Morgan fingerprint density at radius 3 is 1.55 bits per heavy atom. The number of rotatable bonds is 21. The third-order valence-corrected chi connectivity index (χ3v) is 12.9. The lowest BCUT2D eigenvalue weighted by Gasteiger charge is -2.31. The van der Waals surface area contributed by atoms with Gasteiger partial charge in [0.2, 0.25) is 11.8 Å². The van der Waals surface area contributed by atoms with Crippen LogP contribution in [0.1, 0.15) is 152 Å². The molecule has 78 heavy (non-hydrogen) atoms. The number of furan rings is 1. The average Bonchev–Trinajstić information content (AvgIpc) is 4.13. The number of piperidine rings is 1. The highest BCUT2D eigenvalue weighted by atomic mass is 16.5. The van der Waals surface area contributed by atoms with E-state index in [1.165, 1.54) is 31.7 Å². The van der Waals surface area contributed by atoms with E-state index in [9.17, 15) is 24.0 Å². The second-order valence-electron chi connectivity index (χ2n) is 23.4. The lowest BCUT2D eigenvalue weighted by molar-refractivity contribution is -0.127. The van der Waals surface area contributed by atoms with Crippen LogP contribution >= 0.6 is 0 Å². The van der Waals surface area contributed by atoms with Gasteiger partial charge in [-0.2, -0.15) is 0 Å². The first kappa shape index (κ1) is 68.8. The molecule has 1 aromatic carbocycles. The maximum atomic E-state index is 11.9. The molecule has 0 spiro atoms. The minimum absolute atomic E-state index is 0.0338. The number of likely N-dealkylation sites (tertiary alicyclic amines) is 1. The van der Waals surface area contributed by atoms with Gasteiger partial charge >= 0.3 is 5.91 Å². The third kappa shape index (κ3) is 31.9. The monoisotopic (exact) mass is 1090 g/mol. The standard InChI is InChI=1S/C15H25N3O2.C15H24N2O2.C11H22N2O.C11H21NO.C8H12N2O2/c1-12(2)10-16-15(19)14-5-4-13(20-14)11-18-8-6-17(3)7-9-18;1-12(2)11-16-15(18)13-5-7-14(8-6-13)19-10-9-17(3)4;1-9(2)8-12-11(14)10-4-6-13(3)7-5-10;1-9(2)8-12-11(13)10-6-4-3-5-7-10;1-6(2)5-10-7(11)8-9-3-4-12-8/h4-5,12H,6-11H2,1-3H3,(H,16,19);5-8,12H,9-11H2,1-4H3,(H,16,18);9-10H,4-8H2,1-3H3,(H,12,14);9-10H,3-8H2,1-2H3,(H,12,13);3-4,6H,5H2,1-2H3,(H,10,11). The highest BCUT2D eigenvalue weighted by molar-refractivity contribution is 5.94. The molecule has 0 atom stereocenters. The second-order valence-corrected chi connectivity index (χ2v) is 23.4. The predicted molar refractivity (Wildman–Crippen MR) is 312 cm³/mol. The van der Waals surface area contributed by atoms with Crippen molar-refractivity contribution >= 4 is 29.5 Å². The van der Waals surface area contributed by atoms with E-state index in [0.29, 0.717) is 73.1 Å². The molecule has 5 N–H and O–H groups in total. The van der Waals surface area contributed by atoms with E-state index in [-0.39, 0.29) is 41.3 Å². The Bertz CT molecular complexity index is 2070. The van der Waals surface area contributed by atoms with E-state index in [0.717, 1.165) is 103 Å². The average molecular weight is 1090 g/mol. The van der Waals surface area contributed by atoms with Crippen molar-refractivity contribution in [3.05, 3.63) is 71.8 Å². The molecule has 442 valence electrons. The van der Waals surface area contributed by atoms with E-state index >= 15 is 0 Å². The Labute approximate surface area is 469 Å². The molecule has 0 bridgehead atoms. The van der Waals surface area contributed by atoms with Crippen molar-refractivity contribution in [2.24, 2.45) is 41.4 Å². The highest BCUT2D eigenvalue weighted by Crippen LogP contribution is 2.23. The van der Waals surface area contributed by atoms with E-state index < -0.39 is 0 Å². The molecule has 2 saturated heterocycles. The quantitative estimate of drug-likeness (QED) is 0.0688. The van der Waals surface area contributed by atoms with Gasteiger partial charge in [0.25, 0.3) is 17.7 Å². The van der Waals surface area contributed by atoms with Crippen LogP contribution in [0.4, 0.5) is 0 Å². The number of carbonyl (C=O) groups excluding carboxylic acids is 5. The molecular weight excluding hydrogens is 989 g/mol. The number of piperazine rings is 1. The number of oxazole rings is 1. The molecule has 4 heterocycles. The third-order valence-electron chi connectivity index (χ3n) is 12.9. The smallest absolute Gasteiger partial charge is 0.307 e. The first-order chi connectivity index (χ1) is 37.0. The molecule has 6 rings (SSSR count). The van der Waals surface area contributed by atoms with E-state index in [2.05, 4.69) is 121 Å². The molecule has 0 radical (unpaired) electrons. The molecule has 2 aliphatic heterocycles. The Hall–Kier alpha value is -5.30. The maximum absolute atomic E-state index is 11.9. The summed E-state index contributed by atoms with van der Waals surface area (Å²) in [6, 6.07) is 10.9. The fourth-order valence-corrected chi connectivity index (χ4v) is 7.88. The van der Waals surface area contributed by atoms with E-state index in [1.807, 2.05) is 46.1 Å². The van der Waals surface area contributed by atoms with Crippen LogP contribution in [0.15, 0.2) is 57.7 Å². The molecule has 0 unspecified atom stereocenters. The number of aromatic nitrogens is 1. The fraction of sp³-hybridized carbons (Fsp3) is 0.700. The molecular formula is C60H104N10O8. The maximum Gasteiger partial charge on any atom is 0.307 e. The molecule has 1 aliphatic carbocycles. The summed E-state index contributed by atoms with van der Waals surface area (Å²) in [5.74, 6) is 5.33. The highest BCUT2D eigenvalue weighted by Gasteiger charge is 2.24. The van der Waals surface area contributed by atoms with Gasteiger partial charge in [0, 0.05) is 82.8 Å². The number of nitrogens with zero attached hydrogens (tertiary/aromatic N) is 5. The van der Waals surface area contributed by atoms with E-state index in [1.54, 1.807) is 18.2 Å². The summed E-state index contributed by atoms with van der Waals surface area (Å²) < 4.78 is 16.0. The van der Waals surface area contributed by atoms with Crippen LogP contribution in [0, 0.1) is 41.4 Å². The van der Waals surface area contributed by atoms with Crippen molar-refractivity contribution in [2.45, 2.75) is 121 Å². The Kier molecular flexibility index (Phi) is 34.5. The van der Waals surface area contributed by atoms with Crippen LogP contribution in [-0.4, -0.2) is 167 Å². The van der Waals surface area contributed by atoms with Gasteiger partial charge in [-0.25, -0.2) is 4.98 Å². The zero-order valence-electron chi connectivity index (χ0n) is 50.5. The lowest BCUT2D eigenvalue weighted by atomic mass is 9.88. The summed E-state index contributed by atoms with van der Waals surface area (Å²) in [6.07, 6.45) is 10.8. The summed E-state index contributed by atoms with van der Waals surface area (Å²) in [5, 5.41) is 14.5. The van der Waals surface area contributed by atoms with Crippen LogP contribution in [0.25, 0.3) is 0 Å². The van der Waals surface area contributed by atoms with Crippen molar-refractivity contribution in [3.63, 3.8) is 0 Å².